The summed E-state index contributed by atoms with van der Waals surface area (Å²) in [5.74, 6) is -1.05. The maximum atomic E-state index is 13.6. The summed E-state index contributed by atoms with van der Waals surface area (Å²) >= 11 is 17.8. The number of hydrogen-bond donors (Lipinski definition) is 1. The lowest BCUT2D eigenvalue weighted by Crippen LogP contribution is -2.21. The Balaban J connectivity index is 1.76. The molecule has 1 amide bonds. The molecule has 0 saturated carbocycles. The third kappa shape index (κ3) is 4.10. The molecule has 0 fully saturated rings. The van der Waals surface area contributed by atoms with Crippen molar-refractivity contribution in [2.75, 3.05) is 11.9 Å². The molecule has 0 spiro atoms. The summed E-state index contributed by atoms with van der Waals surface area (Å²) in [6.45, 7) is -0.401. The van der Waals surface area contributed by atoms with Crippen molar-refractivity contribution in [2.24, 2.45) is 0 Å². The number of hydrogen-bond acceptors (Lipinski definition) is 4. The minimum atomic E-state index is -0.608. The highest BCUT2D eigenvalue weighted by Crippen LogP contribution is 2.30. The van der Waals surface area contributed by atoms with Gasteiger partial charge in [-0.1, -0.05) is 34.8 Å². The van der Waals surface area contributed by atoms with Crippen molar-refractivity contribution >= 4 is 57.3 Å². The number of fused-ring (bicyclic) bond motifs is 1. The number of nitrogens with one attached hydrogen (secondary N) is 1. The molecule has 0 saturated heterocycles. The van der Waals surface area contributed by atoms with Crippen LogP contribution in [0.2, 0.25) is 15.1 Å². The fraction of sp³-hybridized carbons (Fsp3) is 0.0625. The van der Waals surface area contributed by atoms with Gasteiger partial charge >= 0.3 is 0 Å². The molecule has 0 aliphatic heterocycles. The van der Waals surface area contributed by atoms with Crippen molar-refractivity contribution in [3.63, 3.8) is 0 Å². The van der Waals surface area contributed by atoms with Gasteiger partial charge in [-0.15, -0.1) is 0 Å². The van der Waals surface area contributed by atoms with Gasteiger partial charge in [0.1, 0.15) is 12.1 Å². The number of ether oxygens (including phenoxy) is 1. The first kappa shape index (κ1) is 17.7. The van der Waals surface area contributed by atoms with E-state index in [0.29, 0.717) is 26.0 Å². The lowest BCUT2D eigenvalue weighted by Gasteiger charge is -2.10. The predicted octanol–water partition coefficient (Wildman–Crippen LogP) is 4.75. The van der Waals surface area contributed by atoms with Gasteiger partial charge in [-0.25, -0.2) is 14.4 Å². The first-order valence-electron chi connectivity index (χ1n) is 6.91. The van der Waals surface area contributed by atoms with Gasteiger partial charge in [0.25, 0.3) is 5.91 Å². The Morgan fingerprint density at radius 1 is 1.12 bits per heavy atom. The number of anilines is 1. The number of aromatic nitrogens is 2. The Hall–Kier alpha value is -2.15. The number of benzene rings is 2. The maximum absolute atomic E-state index is 13.6. The van der Waals surface area contributed by atoms with Gasteiger partial charge in [-0.2, -0.15) is 0 Å². The van der Waals surface area contributed by atoms with Crippen molar-refractivity contribution < 1.29 is 13.9 Å². The third-order valence-electron chi connectivity index (χ3n) is 3.16. The quantitative estimate of drug-likeness (QED) is 0.686. The van der Waals surface area contributed by atoms with Gasteiger partial charge in [0.2, 0.25) is 5.88 Å². The average molecular weight is 401 g/mol. The highest BCUT2D eigenvalue weighted by atomic mass is 35.5. The normalized spacial score (nSPS) is 10.7. The molecule has 0 atom stereocenters. The first-order valence-corrected chi connectivity index (χ1v) is 8.05. The molecule has 25 heavy (non-hydrogen) atoms. The number of carbonyl (C=O) groups excluding carboxylic acids is 1. The van der Waals surface area contributed by atoms with E-state index in [1.165, 1.54) is 24.5 Å². The summed E-state index contributed by atoms with van der Waals surface area (Å²) < 4.78 is 19.0. The van der Waals surface area contributed by atoms with Gasteiger partial charge in [0, 0.05) is 10.0 Å². The van der Waals surface area contributed by atoms with Crippen LogP contribution in [0.5, 0.6) is 5.88 Å². The zero-order valence-corrected chi connectivity index (χ0v) is 14.7. The minimum absolute atomic E-state index is 0.0419. The molecule has 2 aromatic carbocycles. The second-order valence-electron chi connectivity index (χ2n) is 4.92. The monoisotopic (exact) mass is 399 g/mol. The van der Waals surface area contributed by atoms with Gasteiger partial charge < -0.3 is 10.1 Å². The van der Waals surface area contributed by atoms with Crippen LogP contribution in [0.25, 0.3) is 10.9 Å². The molecule has 0 bridgehead atoms. The lowest BCUT2D eigenvalue weighted by atomic mass is 10.2. The molecule has 3 rings (SSSR count). The van der Waals surface area contributed by atoms with Crippen molar-refractivity contribution in [3.8, 4) is 5.88 Å². The molecule has 0 aliphatic carbocycles. The van der Waals surface area contributed by atoms with Gasteiger partial charge in [0.05, 0.1) is 21.6 Å². The van der Waals surface area contributed by atoms with Crippen molar-refractivity contribution in [2.45, 2.75) is 0 Å². The zero-order chi connectivity index (χ0) is 18.0. The summed E-state index contributed by atoms with van der Waals surface area (Å²) in [5, 5.41) is 3.84. The van der Waals surface area contributed by atoms with E-state index in [-0.39, 0.29) is 11.6 Å². The number of rotatable bonds is 4. The van der Waals surface area contributed by atoms with Gasteiger partial charge in [-0.3, -0.25) is 4.79 Å². The summed E-state index contributed by atoms with van der Waals surface area (Å²) in [7, 11) is 0. The van der Waals surface area contributed by atoms with Crippen LogP contribution in [0.4, 0.5) is 10.1 Å². The maximum Gasteiger partial charge on any atom is 0.262 e. The van der Waals surface area contributed by atoms with Crippen LogP contribution in [0.3, 0.4) is 0 Å². The predicted molar refractivity (Wildman–Crippen MR) is 95.1 cm³/mol. The minimum Gasteiger partial charge on any atom is -0.467 e. The van der Waals surface area contributed by atoms with E-state index in [1.54, 1.807) is 6.07 Å². The molecule has 1 heterocycles. The van der Waals surface area contributed by atoms with Gasteiger partial charge in [-0.05, 0) is 30.3 Å². The van der Waals surface area contributed by atoms with Crippen LogP contribution >= 0.6 is 34.8 Å². The third-order valence-corrected chi connectivity index (χ3v) is 3.90. The molecule has 1 N–H and O–H groups in total. The summed E-state index contributed by atoms with van der Waals surface area (Å²) in [4.78, 5) is 20.0. The Kier molecular flexibility index (Phi) is 5.22. The SMILES string of the molecule is O=C(COc1ncnc2c(Cl)cc(Cl)cc12)Nc1cc(Cl)ccc1F. The standard InChI is InChI=1S/C16H9Cl3FN3O2/c17-8-1-2-12(20)13(5-8)23-14(24)6-25-16-10-3-9(18)4-11(19)15(10)21-7-22-16/h1-5,7H,6H2,(H,23,24). The van der Waals surface area contributed by atoms with E-state index in [9.17, 15) is 9.18 Å². The van der Waals surface area contributed by atoms with Crippen molar-refractivity contribution in [3.05, 3.63) is 57.5 Å². The second-order valence-corrected chi connectivity index (χ2v) is 6.20. The summed E-state index contributed by atoms with van der Waals surface area (Å²) in [6.07, 6.45) is 1.26. The fourth-order valence-corrected chi connectivity index (χ4v) is 2.81. The van der Waals surface area contributed by atoms with Crippen LogP contribution in [0.15, 0.2) is 36.7 Å². The fourth-order valence-electron chi connectivity index (χ4n) is 2.10. The molecule has 1 aromatic heterocycles. The van der Waals surface area contributed by atoms with Crippen LogP contribution in [-0.4, -0.2) is 22.5 Å². The molecule has 3 aromatic rings. The smallest absolute Gasteiger partial charge is 0.262 e. The van der Waals surface area contributed by atoms with Crippen LogP contribution < -0.4 is 10.1 Å². The van der Waals surface area contributed by atoms with E-state index < -0.39 is 18.3 Å². The Labute approximate surface area is 156 Å². The number of amides is 1. The number of carbonyl (C=O) groups is 1. The Bertz CT molecular complexity index is 969. The van der Waals surface area contributed by atoms with E-state index >= 15 is 0 Å². The molecule has 0 radical (unpaired) electrons. The summed E-state index contributed by atoms with van der Waals surface area (Å²) in [6, 6.07) is 6.95. The molecular weight excluding hydrogens is 392 g/mol. The average Bonchev–Trinajstić information content (AvgIpc) is 2.56. The van der Waals surface area contributed by atoms with E-state index in [0.717, 1.165) is 6.07 Å². The topological polar surface area (TPSA) is 64.1 Å². The summed E-state index contributed by atoms with van der Waals surface area (Å²) in [5.41, 5.74) is 0.400. The Morgan fingerprint density at radius 2 is 1.92 bits per heavy atom. The highest BCUT2D eigenvalue weighted by molar-refractivity contribution is 6.38. The highest BCUT2D eigenvalue weighted by Gasteiger charge is 2.13. The lowest BCUT2D eigenvalue weighted by molar-refractivity contribution is -0.118. The molecule has 128 valence electrons. The van der Waals surface area contributed by atoms with Crippen LogP contribution in [0.1, 0.15) is 0 Å². The molecule has 5 nitrogen and oxygen atoms in total. The largest absolute Gasteiger partial charge is 0.467 e. The number of nitrogens with zero attached hydrogens (tertiary/aromatic N) is 2. The van der Waals surface area contributed by atoms with E-state index in [2.05, 4.69) is 15.3 Å². The zero-order valence-electron chi connectivity index (χ0n) is 12.4. The second kappa shape index (κ2) is 7.39. The molecular formula is C16H9Cl3FN3O2. The van der Waals surface area contributed by atoms with E-state index in [1.807, 2.05) is 0 Å². The molecule has 9 heteroatoms. The van der Waals surface area contributed by atoms with Crippen molar-refractivity contribution in [1.29, 1.82) is 0 Å². The van der Waals surface area contributed by atoms with Gasteiger partial charge in [0.15, 0.2) is 6.61 Å². The molecule has 0 unspecified atom stereocenters. The Morgan fingerprint density at radius 3 is 2.72 bits per heavy atom. The van der Waals surface area contributed by atoms with Crippen molar-refractivity contribution in [1.82, 2.24) is 9.97 Å². The first-order chi connectivity index (χ1) is 11.9. The number of halogens is 4. The molecule has 0 aliphatic rings. The van der Waals surface area contributed by atoms with Crippen LogP contribution in [0, 0.1) is 5.82 Å². The van der Waals surface area contributed by atoms with Crippen LogP contribution in [-0.2, 0) is 4.79 Å². The van der Waals surface area contributed by atoms with E-state index in [4.69, 9.17) is 39.5 Å².